The Morgan fingerprint density at radius 3 is 2.72 bits per heavy atom. The minimum absolute atomic E-state index is 0.0682. The molecule has 1 fully saturated rings. The van der Waals surface area contributed by atoms with Crippen LogP contribution in [0.25, 0.3) is 10.2 Å². The fourth-order valence-electron chi connectivity index (χ4n) is 5.15. The fraction of sp³-hybridized carbons (Fsp3) is 0.440. The Hall–Kier alpha value is -2.31. The van der Waals surface area contributed by atoms with Crippen LogP contribution in [0.5, 0.6) is 0 Å². The molecule has 3 atom stereocenters. The number of aromatic nitrogens is 1. The van der Waals surface area contributed by atoms with Crippen LogP contribution in [0.3, 0.4) is 0 Å². The summed E-state index contributed by atoms with van der Waals surface area (Å²) in [6, 6.07) is 11.6. The Kier molecular flexibility index (Phi) is 5.54. The molecule has 0 unspecified atom stereocenters. The third kappa shape index (κ3) is 3.63. The topological polar surface area (TPSA) is 54.3 Å². The first-order valence-corrected chi connectivity index (χ1v) is 12.6. The van der Waals surface area contributed by atoms with Crippen LogP contribution in [0.15, 0.2) is 41.8 Å². The molecule has 2 aromatic heterocycles. The van der Waals surface area contributed by atoms with Crippen molar-refractivity contribution in [3.63, 3.8) is 0 Å². The van der Waals surface area contributed by atoms with Gasteiger partial charge in [-0.15, -0.1) is 11.3 Å². The molecular formula is C25H28ClN3O2S. The lowest BCUT2D eigenvalue weighted by atomic mass is 9.85. The van der Waals surface area contributed by atoms with Gasteiger partial charge >= 0.3 is 0 Å². The Labute approximate surface area is 197 Å². The average Bonchev–Trinajstić information content (AvgIpc) is 3.36. The number of hydrogen-bond acceptors (Lipinski definition) is 3. The second kappa shape index (κ2) is 8.23. The van der Waals surface area contributed by atoms with Gasteiger partial charge in [-0.05, 0) is 60.9 Å². The molecule has 1 aliphatic carbocycles. The summed E-state index contributed by atoms with van der Waals surface area (Å²) in [7, 11) is 0. The zero-order chi connectivity index (χ0) is 22.5. The molecule has 0 spiro atoms. The highest BCUT2D eigenvalue weighted by atomic mass is 35.5. The van der Waals surface area contributed by atoms with Gasteiger partial charge in [-0.3, -0.25) is 9.59 Å². The largest absolute Gasteiger partial charge is 0.351 e. The van der Waals surface area contributed by atoms with Crippen molar-refractivity contribution in [3.8, 4) is 0 Å². The van der Waals surface area contributed by atoms with Crippen LogP contribution in [0.2, 0.25) is 5.02 Å². The Morgan fingerprint density at radius 2 is 1.97 bits per heavy atom. The lowest BCUT2D eigenvalue weighted by molar-refractivity contribution is -0.134. The van der Waals surface area contributed by atoms with Gasteiger partial charge in [-0.1, -0.05) is 43.5 Å². The lowest BCUT2D eigenvalue weighted by Crippen LogP contribution is -2.65. The van der Waals surface area contributed by atoms with Gasteiger partial charge in [0, 0.05) is 17.6 Å². The van der Waals surface area contributed by atoms with Gasteiger partial charge in [0.25, 0.3) is 5.91 Å². The lowest BCUT2D eigenvalue weighted by Gasteiger charge is -2.45. The zero-order valence-corrected chi connectivity index (χ0v) is 20.0. The van der Waals surface area contributed by atoms with Gasteiger partial charge < -0.3 is 14.8 Å². The van der Waals surface area contributed by atoms with Gasteiger partial charge in [-0.25, -0.2) is 0 Å². The molecular weight excluding hydrogens is 442 g/mol. The summed E-state index contributed by atoms with van der Waals surface area (Å²) in [6.45, 7) is 4.92. The van der Waals surface area contributed by atoms with Crippen molar-refractivity contribution < 1.29 is 9.59 Å². The van der Waals surface area contributed by atoms with Crippen LogP contribution in [0, 0.1) is 5.92 Å². The summed E-state index contributed by atoms with van der Waals surface area (Å²) in [5.74, 6) is 0.274. The number of carbonyl (C=O) groups is 2. The van der Waals surface area contributed by atoms with Crippen LogP contribution < -0.4 is 5.32 Å². The maximum atomic E-state index is 13.8. The maximum Gasteiger partial charge on any atom is 0.271 e. The molecule has 0 radical (unpaired) electrons. The summed E-state index contributed by atoms with van der Waals surface area (Å²) in [5, 5.41) is 6.01. The van der Waals surface area contributed by atoms with E-state index in [2.05, 4.69) is 12.2 Å². The Balaban J connectivity index is 1.52. The van der Waals surface area contributed by atoms with Gasteiger partial charge in [0.1, 0.15) is 11.2 Å². The van der Waals surface area contributed by atoms with Crippen LogP contribution in [-0.4, -0.2) is 32.9 Å². The third-order valence-corrected chi connectivity index (χ3v) is 8.32. The molecule has 0 bridgehead atoms. The van der Waals surface area contributed by atoms with Crippen molar-refractivity contribution in [1.29, 1.82) is 0 Å². The van der Waals surface area contributed by atoms with Crippen LogP contribution in [-0.2, 0) is 17.9 Å². The summed E-state index contributed by atoms with van der Waals surface area (Å²) in [6.07, 6.45) is 4.48. The number of rotatable bonds is 4. The first kappa shape index (κ1) is 21.5. The highest BCUT2D eigenvalue weighted by Gasteiger charge is 2.48. The predicted molar refractivity (Wildman–Crippen MR) is 129 cm³/mol. The molecule has 1 aromatic carbocycles. The number of hydrogen-bond donors (Lipinski definition) is 1. The number of nitrogens with zero attached hydrogens (tertiary/aromatic N) is 2. The smallest absolute Gasteiger partial charge is 0.271 e. The van der Waals surface area contributed by atoms with Gasteiger partial charge in [0.15, 0.2) is 0 Å². The van der Waals surface area contributed by atoms with E-state index in [1.54, 1.807) is 16.2 Å². The molecule has 1 saturated carbocycles. The van der Waals surface area contributed by atoms with Crippen molar-refractivity contribution in [3.05, 3.63) is 58.1 Å². The van der Waals surface area contributed by atoms with E-state index in [0.717, 1.165) is 35.0 Å². The molecule has 0 saturated heterocycles. The van der Waals surface area contributed by atoms with Crippen molar-refractivity contribution in [2.24, 2.45) is 5.92 Å². The van der Waals surface area contributed by atoms with Crippen molar-refractivity contribution in [2.45, 2.75) is 64.2 Å². The first-order chi connectivity index (χ1) is 15.4. The molecule has 7 heteroatoms. The second-order valence-corrected chi connectivity index (χ2v) is 10.8. The molecule has 2 amide bonds. The minimum atomic E-state index is -0.991. The number of thiophene rings is 1. The van der Waals surface area contributed by atoms with E-state index >= 15 is 0 Å². The van der Waals surface area contributed by atoms with Crippen LogP contribution >= 0.6 is 22.9 Å². The number of benzene rings is 1. The summed E-state index contributed by atoms with van der Waals surface area (Å²) in [5.41, 5.74) is 1.63. The van der Waals surface area contributed by atoms with Crippen molar-refractivity contribution >= 4 is 45.0 Å². The second-order valence-electron chi connectivity index (χ2n) is 9.42. The molecule has 3 aromatic rings. The maximum absolute atomic E-state index is 13.8. The van der Waals surface area contributed by atoms with E-state index in [9.17, 15) is 9.59 Å². The third-order valence-electron chi connectivity index (χ3n) is 7.22. The van der Waals surface area contributed by atoms with E-state index in [0.29, 0.717) is 29.7 Å². The zero-order valence-electron chi connectivity index (χ0n) is 18.4. The van der Waals surface area contributed by atoms with E-state index in [1.165, 1.54) is 6.42 Å². The number of carbonyl (C=O) groups excluding carboxylic acids is 2. The summed E-state index contributed by atoms with van der Waals surface area (Å²) >= 11 is 7.68. The van der Waals surface area contributed by atoms with Crippen LogP contribution in [0.1, 0.15) is 55.6 Å². The molecule has 1 aliphatic heterocycles. The number of nitrogens with one attached hydrogen (secondary N) is 1. The first-order valence-electron chi connectivity index (χ1n) is 11.3. The highest BCUT2D eigenvalue weighted by Crippen LogP contribution is 2.36. The van der Waals surface area contributed by atoms with Crippen molar-refractivity contribution in [2.75, 3.05) is 0 Å². The van der Waals surface area contributed by atoms with Crippen LogP contribution in [0.4, 0.5) is 0 Å². The van der Waals surface area contributed by atoms with Crippen molar-refractivity contribution in [1.82, 2.24) is 14.8 Å². The summed E-state index contributed by atoms with van der Waals surface area (Å²) in [4.78, 5) is 29.3. The van der Waals surface area contributed by atoms with E-state index in [1.807, 2.05) is 53.3 Å². The number of fused-ring (bicyclic) bond motifs is 3. The number of halogens is 1. The molecule has 5 rings (SSSR count). The molecule has 1 N–H and O–H groups in total. The quantitative estimate of drug-likeness (QED) is 0.551. The monoisotopic (exact) mass is 469 g/mol. The molecule has 2 aliphatic rings. The number of amides is 2. The molecule has 32 heavy (non-hydrogen) atoms. The minimum Gasteiger partial charge on any atom is -0.351 e. The fourth-order valence-corrected chi connectivity index (χ4v) is 6.10. The van der Waals surface area contributed by atoms with Gasteiger partial charge in [-0.2, -0.15) is 0 Å². The normalized spacial score (nSPS) is 25.7. The average molecular weight is 470 g/mol. The standard InChI is InChI=1S/C25H28ClN3O2S/c1-16-5-3-4-6-19(16)27-24(31)25(2)15-28-20-11-12-32-22(20)13-21(28)23(30)29(25)14-17-7-9-18(26)10-8-17/h7-13,16,19H,3-6,14-15H2,1-2H3,(H,27,31)/t16-,19-,25-/m1/s1. The molecule has 5 nitrogen and oxygen atoms in total. The highest BCUT2D eigenvalue weighted by molar-refractivity contribution is 7.17. The SMILES string of the molecule is C[C@@H]1CCCC[C@H]1NC(=O)[C@@]1(C)Cn2c(cc3sccc32)C(=O)N1Cc1ccc(Cl)cc1. The Morgan fingerprint density at radius 1 is 1.22 bits per heavy atom. The van der Waals surface area contributed by atoms with E-state index in [4.69, 9.17) is 11.6 Å². The predicted octanol–water partition coefficient (Wildman–Crippen LogP) is 5.47. The van der Waals surface area contributed by atoms with E-state index in [-0.39, 0.29) is 17.9 Å². The Bertz CT molecular complexity index is 1170. The van der Waals surface area contributed by atoms with Gasteiger partial charge in [0.2, 0.25) is 5.91 Å². The summed E-state index contributed by atoms with van der Waals surface area (Å²) < 4.78 is 3.10. The molecule has 168 valence electrons. The van der Waals surface area contributed by atoms with Gasteiger partial charge in [0.05, 0.1) is 16.8 Å². The van der Waals surface area contributed by atoms with E-state index < -0.39 is 5.54 Å². The molecule has 3 heterocycles.